The molecule has 1 heterocycles. The quantitative estimate of drug-likeness (QED) is 0.862. The fourth-order valence-electron chi connectivity index (χ4n) is 1.93. The van der Waals surface area contributed by atoms with Crippen LogP contribution < -0.4 is 10.6 Å². The van der Waals surface area contributed by atoms with Crippen molar-refractivity contribution in [2.24, 2.45) is 5.73 Å². The highest BCUT2D eigenvalue weighted by atomic mass is 32.1. The summed E-state index contributed by atoms with van der Waals surface area (Å²) in [6, 6.07) is 13.0. The Bertz CT molecular complexity index is 448. The van der Waals surface area contributed by atoms with Crippen LogP contribution in [0.25, 0.3) is 0 Å². The zero-order valence-electron chi connectivity index (χ0n) is 10.8. The van der Waals surface area contributed by atoms with Gasteiger partial charge in [-0.25, -0.2) is 0 Å². The molecule has 2 aromatic rings. The summed E-state index contributed by atoms with van der Waals surface area (Å²) in [7, 11) is 0. The van der Waals surface area contributed by atoms with Crippen LogP contribution in [0.15, 0.2) is 41.8 Å². The lowest BCUT2D eigenvalue weighted by Crippen LogP contribution is -2.25. The highest BCUT2D eigenvalue weighted by Crippen LogP contribution is 2.20. The third-order valence-electron chi connectivity index (χ3n) is 2.96. The minimum absolute atomic E-state index is 0.743. The monoisotopic (exact) mass is 260 g/mol. The molecule has 3 heteroatoms. The molecular weight excluding hydrogens is 240 g/mol. The summed E-state index contributed by atoms with van der Waals surface area (Å²) in [5, 5.41) is 2.13. The second kappa shape index (κ2) is 6.57. The van der Waals surface area contributed by atoms with Gasteiger partial charge in [0.15, 0.2) is 0 Å². The van der Waals surface area contributed by atoms with Crippen LogP contribution in [0.5, 0.6) is 0 Å². The molecule has 2 rings (SSSR count). The van der Waals surface area contributed by atoms with Crippen molar-refractivity contribution in [1.82, 2.24) is 0 Å². The van der Waals surface area contributed by atoms with Gasteiger partial charge in [-0.1, -0.05) is 23.8 Å². The van der Waals surface area contributed by atoms with Crippen molar-refractivity contribution in [1.29, 1.82) is 0 Å². The maximum Gasteiger partial charge on any atom is 0.0522 e. The van der Waals surface area contributed by atoms with E-state index in [4.69, 9.17) is 5.73 Å². The second-order valence-electron chi connectivity index (χ2n) is 4.48. The van der Waals surface area contributed by atoms with Gasteiger partial charge in [0.1, 0.15) is 0 Å². The van der Waals surface area contributed by atoms with E-state index in [1.165, 1.54) is 16.1 Å². The van der Waals surface area contributed by atoms with Gasteiger partial charge in [-0.3, -0.25) is 0 Å². The van der Waals surface area contributed by atoms with E-state index >= 15 is 0 Å². The average molecular weight is 260 g/mol. The van der Waals surface area contributed by atoms with Crippen molar-refractivity contribution < 1.29 is 0 Å². The fourth-order valence-corrected chi connectivity index (χ4v) is 2.65. The molecule has 0 radical (unpaired) electrons. The van der Waals surface area contributed by atoms with Crippen LogP contribution in [0.3, 0.4) is 0 Å². The molecule has 18 heavy (non-hydrogen) atoms. The molecule has 0 saturated carbocycles. The first-order valence-electron chi connectivity index (χ1n) is 6.33. The SMILES string of the molecule is Cc1ccc(N(CCCN)Cc2cccs2)cc1. The maximum absolute atomic E-state index is 5.63. The molecule has 0 amide bonds. The van der Waals surface area contributed by atoms with Gasteiger partial charge in [-0.15, -0.1) is 11.3 Å². The van der Waals surface area contributed by atoms with E-state index in [-0.39, 0.29) is 0 Å². The van der Waals surface area contributed by atoms with Crippen LogP contribution in [0, 0.1) is 6.92 Å². The third-order valence-corrected chi connectivity index (χ3v) is 3.82. The molecule has 0 saturated heterocycles. The Labute approximate surface area is 113 Å². The standard InChI is InChI=1S/C15H20N2S/c1-13-5-7-14(8-6-13)17(10-3-9-16)12-15-4-2-11-18-15/h2,4-8,11H,3,9-10,12,16H2,1H3. The number of nitrogens with two attached hydrogens (primary N) is 1. The van der Waals surface area contributed by atoms with E-state index in [0.717, 1.165) is 26.1 Å². The smallest absolute Gasteiger partial charge is 0.0522 e. The minimum Gasteiger partial charge on any atom is -0.366 e. The van der Waals surface area contributed by atoms with E-state index < -0.39 is 0 Å². The number of anilines is 1. The number of aryl methyl sites for hydroxylation is 1. The first-order valence-corrected chi connectivity index (χ1v) is 7.21. The lowest BCUT2D eigenvalue weighted by molar-refractivity contribution is 0.740. The van der Waals surface area contributed by atoms with Gasteiger partial charge in [-0.05, 0) is 43.5 Å². The Hall–Kier alpha value is -1.32. The molecule has 2 nitrogen and oxygen atoms in total. The molecule has 2 N–H and O–H groups in total. The summed E-state index contributed by atoms with van der Waals surface area (Å²) < 4.78 is 0. The lowest BCUT2D eigenvalue weighted by Gasteiger charge is -2.24. The highest BCUT2D eigenvalue weighted by molar-refractivity contribution is 7.09. The predicted molar refractivity (Wildman–Crippen MR) is 80.2 cm³/mol. The third kappa shape index (κ3) is 3.59. The zero-order chi connectivity index (χ0) is 12.8. The summed E-state index contributed by atoms with van der Waals surface area (Å²) in [5.74, 6) is 0. The largest absolute Gasteiger partial charge is 0.366 e. The van der Waals surface area contributed by atoms with E-state index in [0.29, 0.717) is 0 Å². The highest BCUT2D eigenvalue weighted by Gasteiger charge is 2.07. The Morgan fingerprint density at radius 1 is 1.17 bits per heavy atom. The molecule has 0 aliphatic heterocycles. The van der Waals surface area contributed by atoms with Crippen LogP contribution in [0.2, 0.25) is 0 Å². The maximum atomic E-state index is 5.63. The fraction of sp³-hybridized carbons (Fsp3) is 0.333. The van der Waals surface area contributed by atoms with Gasteiger partial charge < -0.3 is 10.6 Å². The number of rotatable bonds is 6. The van der Waals surface area contributed by atoms with Crippen LogP contribution in [-0.4, -0.2) is 13.1 Å². The second-order valence-corrected chi connectivity index (χ2v) is 5.51. The van der Waals surface area contributed by atoms with Crippen molar-refractivity contribution in [3.63, 3.8) is 0 Å². The van der Waals surface area contributed by atoms with E-state index in [1.54, 1.807) is 0 Å². The summed E-state index contributed by atoms with van der Waals surface area (Å²) >= 11 is 1.81. The molecule has 0 fully saturated rings. The van der Waals surface area contributed by atoms with E-state index in [1.807, 2.05) is 11.3 Å². The summed E-state index contributed by atoms with van der Waals surface area (Å²) in [4.78, 5) is 3.80. The number of nitrogens with zero attached hydrogens (tertiary/aromatic N) is 1. The Kier molecular flexibility index (Phi) is 4.79. The van der Waals surface area contributed by atoms with E-state index in [9.17, 15) is 0 Å². The summed E-state index contributed by atoms with van der Waals surface area (Å²) in [6.45, 7) is 4.85. The topological polar surface area (TPSA) is 29.3 Å². The van der Waals surface area contributed by atoms with Gasteiger partial charge in [0, 0.05) is 17.1 Å². The van der Waals surface area contributed by atoms with Gasteiger partial charge in [0.2, 0.25) is 0 Å². The van der Waals surface area contributed by atoms with Crippen LogP contribution in [-0.2, 0) is 6.54 Å². The minimum atomic E-state index is 0.743. The number of hydrogen-bond donors (Lipinski definition) is 1. The van der Waals surface area contributed by atoms with Crippen molar-refractivity contribution >= 4 is 17.0 Å². The molecule has 1 aromatic heterocycles. The Morgan fingerprint density at radius 3 is 2.56 bits per heavy atom. The van der Waals surface area contributed by atoms with Crippen molar-refractivity contribution in [3.05, 3.63) is 52.2 Å². The molecule has 1 aromatic carbocycles. The lowest BCUT2D eigenvalue weighted by atomic mass is 10.2. The van der Waals surface area contributed by atoms with Gasteiger partial charge in [-0.2, -0.15) is 0 Å². The van der Waals surface area contributed by atoms with Gasteiger partial charge in [0.25, 0.3) is 0 Å². The van der Waals surface area contributed by atoms with Crippen molar-refractivity contribution in [2.75, 3.05) is 18.0 Å². The molecule has 0 unspecified atom stereocenters. The number of thiophene rings is 1. The van der Waals surface area contributed by atoms with Crippen molar-refractivity contribution in [3.8, 4) is 0 Å². The van der Waals surface area contributed by atoms with Crippen LogP contribution in [0.4, 0.5) is 5.69 Å². The predicted octanol–water partition coefficient (Wildman–Crippen LogP) is 3.41. The van der Waals surface area contributed by atoms with Gasteiger partial charge >= 0.3 is 0 Å². The molecule has 0 atom stereocenters. The number of benzene rings is 1. The zero-order valence-corrected chi connectivity index (χ0v) is 11.6. The molecular formula is C15H20N2S. The molecule has 0 aliphatic carbocycles. The average Bonchev–Trinajstić information content (AvgIpc) is 2.88. The Balaban J connectivity index is 2.11. The number of hydrogen-bond acceptors (Lipinski definition) is 3. The summed E-state index contributed by atoms with van der Waals surface area (Å²) in [5.41, 5.74) is 8.21. The molecule has 0 aliphatic rings. The Morgan fingerprint density at radius 2 is 1.94 bits per heavy atom. The van der Waals surface area contributed by atoms with Crippen LogP contribution in [0.1, 0.15) is 16.9 Å². The molecule has 0 bridgehead atoms. The van der Waals surface area contributed by atoms with Crippen LogP contribution >= 0.6 is 11.3 Å². The van der Waals surface area contributed by atoms with Gasteiger partial charge in [0.05, 0.1) is 6.54 Å². The molecule has 96 valence electrons. The van der Waals surface area contributed by atoms with E-state index in [2.05, 4.69) is 53.6 Å². The first-order chi connectivity index (χ1) is 8.79. The first kappa shape index (κ1) is 13.1. The van der Waals surface area contributed by atoms with Crippen molar-refractivity contribution in [2.45, 2.75) is 19.9 Å². The normalized spacial score (nSPS) is 10.6. The molecule has 0 spiro atoms. The summed E-state index contributed by atoms with van der Waals surface area (Å²) in [6.07, 6.45) is 1.03.